The van der Waals surface area contributed by atoms with Gasteiger partial charge in [-0.15, -0.1) is 0 Å². The molecule has 42 heavy (non-hydrogen) atoms. The Bertz CT molecular complexity index is 1390. The Labute approximate surface area is 252 Å². The van der Waals surface area contributed by atoms with Gasteiger partial charge in [0.05, 0.1) is 11.9 Å². The first-order valence-corrected chi connectivity index (χ1v) is 17.2. The summed E-state index contributed by atoms with van der Waals surface area (Å²) in [6.07, 6.45) is 8.93. The maximum atomic E-state index is 13.9. The Morgan fingerprint density at radius 1 is 0.976 bits per heavy atom. The number of hydrogen-bond donors (Lipinski definition) is 1. The zero-order chi connectivity index (χ0) is 30.4. The summed E-state index contributed by atoms with van der Waals surface area (Å²) in [7, 11) is -3.77. The molecule has 4 fully saturated rings. The van der Waals surface area contributed by atoms with Gasteiger partial charge in [0.1, 0.15) is 12.6 Å². The molecular formula is C34H47N3O4S. The molecule has 7 nitrogen and oxygen atoms in total. The van der Waals surface area contributed by atoms with Crippen molar-refractivity contribution in [3.63, 3.8) is 0 Å². The van der Waals surface area contributed by atoms with E-state index in [1.165, 1.54) is 53.3 Å². The van der Waals surface area contributed by atoms with Crippen molar-refractivity contribution >= 4 is 27.5 Å². The average Bonchev–Trinajstić information content (AvgIpc) is 2.87. The van der Waals surface area contributed by atoms with E-state index in [2.05, 4.69) is 17.4 Å². The highest BCUT2D eigenvalue weighted by molar-refractivity contribution is 7.92. The Kier molecular flexibility index (Phi) is 8.25. The molecule has 0 aliphatic heterocycles. The zero-order valence-electron chi connectivity index (χ0n) is 26.0. The van der Waals surface area contributed by atoms with Gasteiger partial charge < -0.3 is 10.2 Å². The zero-order valence-corrected chi connectivity index (χ0v) is 26.8. The number of aryl methyl sites for hydroxylation is 1. The van der Waals surface area contributed by atoms with Crippen molar-refractivity contribution in [3.05, 3.63) is 65.2 Å². The van der Waals surface area contributed by atoms with E-state index >= 15 is 0 Å². The summed E-state index contributed by atoms with van der Waals surface area (Å²) in [5.74, 6) is 1.74. The van der Waals surface area contributed by atoms with Gasteiger partial charge in [0.2, 0.25) is 21.8 Å². The van der Waals surface area contributed by atoms with Crippen LogP contribution in [0.5, 0.6) is 0 Å². The molecule has 0 aromatic heterocycles. The van der Waals surface area contributed by atoms with E-state index in [4.69, 9.17) is 0 Å². The quantitative estimate of drug-likeness (QED) is 0.413. The molecule has 0 saturated heterocycles. The number of anilines is 1. The molecular weight excluding hydrogens is 546 g/mol. The molecule has 0 spiro atoms. The van der Waals surface area contributed by atoms with Gasteiger partial charge in [0.15, 0.2) is 0 Å². The topological polar surface area (TPSA) is 86.8 Å². The van der Waals surface area contributed by atoms with Crippen LogP contribution in [0.3, 0.4) is 0 Å². The fraction of sp³-hybridized carbons (Fsp3) is 0.588. The molecule has 2 aromatic rings. The van der Waals surface area contributed by atoms with Crippen molar-refractivity contribution in [2.75, 3.05) is 17.1 Å². The van der Waals surface area contributed by atoms with E-state index in [-0.39, 0.29) is 24.4 Å². The Morgan fingerprint density at radius 3 is 2.05 bits per heavy atom. The van der Waals surface area contributed by atoms with Crippen LogP contribution in [0.4, 0.5) is 5.69 Å². The molecule has 1 N–H and O–H groups in total. The number of carbonyl (C=O) groups is 2. The predicted octanol–water partition coefficient (Wildman–Crippen LogP) is 5.56. The number of sulfonamides is 1. The molecule has 2 amide bonds. The third-order valence-corrected chi connectivity index (χ3v) is 10.7. The van der Waals surface area contributed by atoms with Crippen molar-refractivity contribution < 1.29 is 18.0 Å². The van der Waals surface area contributed by atoms with Crippen molar-refractivity contribution in [2.45, 2.75) is 96.7 Å². The van der Waals surface area contributed by atoms with Crippen LogP contribution in [0.1, 0.15) is 82.9 Å². The number of amides is 2. The summed E-state index contributed by atoms with van der Waals surface area (Å²) in [6.45, 7) is 9.16. The van der Waals surface area contributed by atoms with Gasteiger partial charge in [-0.2, -0.15) is 0 Å². The van der Waals surface area contributed by atoms with E-state index in [0.717, 1.165) is 35.1 Å². The summed E-state index contributed by atoms with van der Waals surface area (Å²) in [5.41, 5.74) is 3.44. The van der Waals surface area contributed by atoms with Crippen LogP contribution in [0.25, 0.3) is 0 Å². The highest BCUT2D eigenvalue weighted by Gasteiger charge is 2.51. The number of nitrogens with zero attached hydrogens (tertiary/aromatic N) is 2. The highest BCUT2D eigenvalue weighted by atomic mass is 32.2. The number of rotatable bonds is 9. The number of hydrogen-bond acceptors (Lipinski definition) is 4. The first-order chi connectivity index (χ1) is 19.6. The van der Waals surface area contributed by atoms with Crippen molar-refractivity contribution in [2.24, 2.45) is 17.8 Å². The lowest BCUT2D eigenvalue weighted by molar-refractivity contribution is -0.140. The van der Waals surface area contributed by atoms with Crippen molar-refractivity contribution in [3.8, 4) is 0 Å². The van der Waals surface area contributed by atoms with Crippen LogP contribution in [0, 0.1) is 24.7 Å². The smallest absolute Gasteiger partial charge is 0.244 e. The van der Waals surface area contributed by atoms with Gasteiger partial charge >= 0.3 is 0 Å². The molecule has 4 saturated carbocycles. The first kappa shape index (κ1) is 30.6. The minimum atomic E-state index is -3.77. The predicted molar refractivity (Wildman–Crippen MR) is 168 cm³/mol. The van der Waals surface area contributed by atoms with Gasteiger partial charge in [-0.25, -0.2) is 8.42 Å². The van der Waals surface area contributed by atoms with Gasteiger partial charge in [-0.1, -0.05) is 42.0 Å². The molecule has 8 heteroatoms. The SMILES string of the molecule is Cc1cccc(CN(C(=O)CN(c2ccc(C34CC5CC(CC(C5)C3)C4)cc2)S(C)(=O)=O)[C@@H](C)C(=O)NC(C)(C)C)c1. The minimum absolute atomic E-state index is 0.196. The standard InChI is InChI=1S/C34H47N3O4S/c1-23-8-7-9-25(14-23)21-36(24(2)32(39)35-33(3,4)5)31(38)22-37(42(6,40)41)30-12-10-29(11-13-30)34-18-26-15-27(19-34)17-28(16-26)20-34/h7-14,24,26-28H,15-22H2,1-6H3,(H,35,39)/t24-,26?,27?,28?,34?/m0/s1. The molecule has 0 unspecified atom stereocenters. The van der Waals surface area contributed by atoms with Crippen molar-refractivity contribution in [1.82, 2.24) is 10.2 Å². The average molecular weight is 594 g/mol. The van der Waals surface area contributed by atoms with Gasteiger partial charge in [0, 0.05) is 12.1 Å². The molecule has 2 aromatic carbocycles. The Hall–Kier alpha value is -2.87. The first-order valence-electron chi connectivity index (χ1n) is 15.4. The molecule has 228 valence electrons. The van der Waals surface area contributed by atoms with Crippen LogP contribution < -0.4 is 9.62 Å². The van der Waals surface area contributed by atoms with Gasteiger partial charge in [-0.05, 0) is 120 Å². The fourth-order valence-electron chi connectivity index (χ4n) is 8.12. The molecule has 4 aliphatic carbocycles. The minimum Gasteiger partial charge on any atom is -0.350 e. The van der Waals surface area contributed by atoms with Crippen LogP contribution in [-0.4, -0.2) is 49.5 Å². The second-order valence-corrected chi connectivity index (χ2v) is 16.3. The van der Waals surface area contributed by atoms with E-state index in [1.54, 1.807) is 6.92 Å². The number of carbonyl (C=O) groups excluding carboxylic acids is 2. The number of benzene rings is 2. The third-order valence-electron chi connectivity index (χ3n) is 9.59. The molecule has 4 bridgehead atoms. The summed E-state index contributed by atoms with van der Waals surface area (Å²) in [6, 6.07) is 14.9. The van der Waals surface area contributed by atoms with Crippen LogP contribution in [0.2, 0.25) is 0 Å². The van der Waals surface area contributed by atoms with E-state index < -0.39 is 27.5 Å². The normalized spacial score (nSPS) is 25.6. The van der Waals surface area contributed by atoms with Crippen LogP contribution in [-0.2, 0) is 31.6 Å². The van der Waals surface area contributed by atoms with Gasteiger partial charge in [-0.3, -0.25) is 13.9 Å². The second-order valence-electron chi connectivity index (χ2n) is 14.4. The molecule has 1 atom stereocenters. The summed E-state index contributed by atoms with van der Waals surface area (Å²) >= 11 is 0. The third kappa shape index (κ3) is 6.69. The fourth-order valence-corrected chi connectivity index (χ4v) is 8.97. The number of nitrogens with one attached hydrogen (secondary N) is 1. The summed E-state index contributed by atoms with van der Waals surface area (Å²) in [4.78, 5) is 28.6. The highest BCUT2D eigenvalue weighted by Crippen LogP contribution is 2.60. The van der Waals surface area contributed by atoms with Crippen LogP contribution >= 0.6 is 0 Å². The Balaban J connectivity index is 1.39. The largest absolute Gasteiger partial charge is 0.350 e. The lowest BCUT2D eigenvalue weighted by Gasteiger charge is -2.57. The summed E-state index contributed by atoms with van der Waals surface area (Å²) in [5, 5.41) is 2.96. The van der Waals surface area contributed by atoms with Crippen molar-refractivity contribution in [1.29, 1.82) is 0 Å². The van der Waals surface area contributed by atoms with Crippen LogP contribution in [0.15, 0.2) is 48.5 Å². The maximum Gasteiger partial charge on any atom is 0.244 e. The second kappa shape index (κ2) is 11.3. The van der Waals surface area contributed by atoms with E-state index in [1.807, 2.05) is 64.1 Å². The maximum absolute atomic E-state index is 13.9. The van der Waals surface area contributed by atoms with E-state index in [9.17, 15) is 18.0 Å². The lowest BCUT2D eigenvalue weighted by atomic mass is 9.48. The van der Waals surface area contributed by atoms with E-state index in [0.29, 0.717) is 5.69 Å². The summed E-state index contributed by atoms with van der Waals surface area (Å²) < 4.78 is 27.3. The molecule has 4 aliphatic rings. The van der Waals surface area contributed by atoms with Gasteiger partial charge in [0.25, 0.3) is 0 Å². The molecule has 0 radical (unpaired) electrons. The monoisotopic (exact) mass is 593 g/mol. The molecule has 0 heterocycles. The molecule has 6 rings (SSSR count). The lowest BCUT2D eigenvalue weighted by Crippen LogP contribution is -2.54. The Morgan fingerprint density at radius 2 is 1.55 bits per heavy atom.